The van der Waals surface area contributed by atoms with E-state index in [9.17, 15) is 0 Å². The maximum atomic E-state index is 4.50. The zero-order valence-electron chi connectivity index (χ0n) is 15.0. The van der Waals surface area contributed by atoms with Gasteiger partial charge in [-0.05, 0) is 98.4 Å². The molecule has 0 aliphatic heterocycles. The zero-order chi connectivity index (χ0) is 16.4. The van der Waals surface area contributed by atoms with Crippen LogP contribution in [-0.4, -0.2) is 22.0 Å². The molecular formula is C20H36S3. The summed E-state index contributed by atoms with van der Waals surface area (Å²) in [7, 11) is 0. The molecular weight excluding hydrogens is 336 g/mol. The van der Waals surface area contributed by atoms with Crippen molar-refractivity contribution in [3.05, 3.63) is 0 Å². The van der Waals surface area contributed by atoms with Crippen LogP contribution in [0.5, 0.6) is 0 Å². The molecule has 3 saturated carbocycles. The van der Waals surface area contributed by atoms with Gasteiger partial charge >= 0.3 is 0 Å². The Labute approximate surface area is 159 Å². The summed E-state index contributed by atoms with van der Waals surface area (Å²) in [6.07, 6.45) is 11.7. The van der Waals surface area contributed by atoms with Crippen molar-refractivity contribution in [2.45, 2.75) is 75.7 Å². The maximum absolute atomic E-state index is 4.50. The summed E-state index contributed by atoms with van der Waals surface area (Å²) in [5.41, 5.74) is 0. The topological polar surface area (TPSA) is 0 Å². The summed E-state index contributed by atoms with van der Waals surface area (Å²) in [6.45, 7) is 4.96. The predicted octanol–water partition coefficient (Wildman–Crippen LogP) is 6.22. The average Bonchev–Trinajstić information content (AvgIpc) is 3.15. The van der Waals surface area contributed by atoms with Gasteiger partial charge in [0, 0.05) is 10.5 Å². The van der Waals surface area contributed by atoms with E-state index in [4.69, 9.17) is 0 Å². The number of rotatable bonds is 8. The fourth-order valence-electron chi connectivity index (χ4n) is 5.93. The van der Waals surface area contributed by atoms with Crippen molar-refractivity contribution in [1.29, 1.82) is 0 Å². The van der Waals surface area contributed by atoms with E-state index in [1.807, 2.05) is 0 Å². The Kier molecular flexibility index (Phi) is 7.06. The number of thiol groups is 2. The summed E-state index contributed by atoms with van der Waals surface area (Å²) in [5, 5.41) is 1.93. The smallest absolute Gasteiger partial charge is 0.00835 e. The molecule has 23 heavy (non-hydrogen) atoms. The minimum atomic E-state index is 0.871. The van der Waals surface area contributed by atoms with Gasteiger partial charge < -0.3 is 0 Å². The van der Waals surface area contributed by atoms with Gasteiger partial charge in [0.25, 0.3) is 0 Å². The van der Waals surface area contributed by atoms with Gasteiger partial charge in [0.15, 0.2) is 0 Å². The molecule has 0 spiro atoms. The van der Waals surface area contributed by atoms with E-state index >= 15 is 0 Å². The van der Waals surface area contributed by atoms with Gasteiger partial charge in [-0.15, -0.1) is 0 Å². The largest absolute Gasteiger partial charge is 0.179 e. The van der Waals surface area contributed by atoms with Crippen molar-refractivity contribution >= 4 is 37.0 Å². The third kappa shape index (κ3) is 4.61. The quantitative estimate of drug-likeness (QED) is 0.477. The van der Waals surface area contributed by atoms with Crippen LogP contribution in [0.15, 0.2) is 0 Å². The fourth-order valence-corrected chi connectivity index (χ4v) is 8.83. The van der Waals surface area contributed by atoms with E-state index in [0.29, 0.717) is 0 Å². The molecule has 8 unspecified atom stereocenters. The van der Waals surface area contributed by atoms with Crippen LogP contribution in [0.3, 0.4) is 0 Å². The molecule has 3 fully saturated rings. The molecule has 0 heterocycles. The van der Waals surface area contributed by atoms with Crippen molar-refractivity contribution < 1.29 is 0 Å². The van der Waals surface area contributed by atoms with E-state index in [1.165, 1.54) is 44.9 Å². The lowest BCUT2D eigenvalue weighted by Gasteiger charge is -2.31. The lowest BCUT2D eigenvalue weighted by Crippen LogP contribution is -2.25. The number of hydrogen-bond acceptors (Lipinski definition) is 3. The Hall–Kier alpha value is 1.05. The van der Waals surface area contributed by atoms with Crippen molar-refractivity contribution in [3.8, 4) is 0 Å². The molecule has 0 amide bonds. The van der Waals surface area contributed by atoms with Gasteiger partial charge in [-0.2, -0.15) is 37.0 Å². The van der Waals surface area contributed by atoms with Crippen LogP contribution in [-0.2, 0) is 0 Å². The molecule has 2 bridgehead atoms. The van der Waals surface area contributed by atoms with E-state index in [0.717, 1.165) is 57.5 Å². The third-order valence-electron chi connectivity index (χ3n) is 7.00. The lowest BCUT2D eigenvalue weighted by atomic mass is 9.86. The Balaban J connectivity index is 1.49. The highest BCUT2D eigenvalue weighted by molar-refractivity contribution is 8.00. The summed E-state index contributed by atoms with van der Waals surface area (Å²) >= 11 is 11.3. The van der Waals surface area contributed by atoms with E-state index < -0.39 is 0 Å². The van der Waals surface area contributed by atoms with Gasteiger partial charge in [-0.3, -0.25) is 0 Å². The minimum Gasteiger partial charge on any atom is -0.179 e. The highest BCUT2D eigenvalue weighted by Gasteiger charge is 2.47. The molecule has 0 radical (unpaired) electrons. The second-order valence-corrected chi connectivity index (χ2v) is 11.3. The Morgan fingerprint density at radius 1 is 1.00 bits per heavy atom. The Morgan fingerprint density at radius 3 is 2.52 bits per heavy atom. The average molecular weight is 373 g/mol. The first-order chi connectivity index (χ1) is 11.1. The van der Waals surface area contributed by atoms with E-state index in [2.05, 4.69) is 50.9 Å². The van der Waals surface area contributed by atoms with Crippen LogP contribution in [0.4, 0.5) is 0 Å². The number of fused-ring (bicyclic) bond motifs is 2. The lowest BCUT2D eigenvalue weighted by molar-refractivity contribution is 0.334. The molecule has 0 saturated heterocycles. The normalized spacial score (nSPS) is 44.1. The molecule has 3 rings (SSSR count). The van der Waals surface area contributed by atoms with Crippen molar-refractivity contribution in [1.82, 2.24) is 0 Å². The highest BCUT2D eigenvalue weighted by atomic mass is 32.2. The van der Waals surface area contributed by atoms with Crippen LogP contribution in [0.25, 0.3) is 0 Å². The maximum Gasteiger partial charge on any atom is 0.00835 e. The second kappa shape index (κ2) is 8.62. The van der Waals surface area contributed by atoms with Crippen molar-refractivity contribution in [2.75, 3.05) is 11.5 Å². The van der Waals surface area contributed by atoms with Gasteiger partial charge in [0.2, 0.25) is 0 Å². The van der Waals surface area contributed by atoms with E-state index in [-0.39, 0.29) is 0 Å². The zero-order valence-corrected chi connectivity index (χ0v) is 17.6. The predicted molar refractivity (Wildman–Crippen MR) is 112 cm³/mol. The second-order valence-electron chi connectivity index (χ2n) is 8.89. The molecule has 0 aromatic heterocycles. The number of thioether (sulfide) groups is 1. The van der Waals surface area contributed by atoms with Gasteiger partial charge in [-0.25, -0.2) is 0 Å². The molecule has 3 heteroatoms. The highest BCUT2D eigenvalue weighted by Crippen LogP contribution is 2.56. The molecule has 3 aliphatic rings. The van der Waals surface area contributed by atoms with Crippen molar-refractivity contribution in [2.24, 2.45) is 35.5 Å². The summed E-state index contributed by atoms with van der Waals surface area (Å²) in [5.74, 6) is 8.05. The van der Waals surface area contributed by atoms with Crippen LogP contribution in [0.1, 0.15) is 65.2 Å². The van der Waals surface area contributed by atoms with Gasteiger partial charge in [-0.1, -0.05) is 13.8 Å². The molecule has 0 nitrogen and oxygen atoms in total. The molecule has 3 aliphatic carbocycles. The van der Waals surface area contributed by atoms with Crippen LogP contribution in [0, 0.1) is 35.5 Å². The monoisotopic (exact) mass is 372 g/mol. The third-order valence-corrected chi connectivity index (χ3v) is 9.42. The minimum absolute atomic E-state index is 0.871. The molecule has 0 N–H and O–H groups in total. The molecule has 134 valence electrons. The van der Waals surface area contributed by atoms with Gasteiger partial charge in [0.1, 0.15) is 0 Å². The molecule has 8 atom stereocenters. The van der Waals surface area contributed by atoms with Crippen molar-refractivity contribution in [3.63, 3.8) is 0 Å². The van der Waals surface area contributed by atoms with Crippen LogP contribution in [0.2, 0.25) is 0 Å². The SMILES string of the molecule is CC(CCS)CC1CC(C)C(SC2CC3CC(CCS)C2C3)C1. The molecule has 0 aromatic carbocycles. The van der Waals surface area contributed by atoms with Gasteiger partial charge in [0.05, 0.1) is 0 Å². The first-order valence-corrected chi connectivity index (χ1v) is 12.2. The molecule has 0 aromatic rings. The summed E-state index contributed by atoms with van der Waals surface area (Å²) in [6, 6.07) is 0. The fraction of sp³-hybridized carbons (Fsp3) is 1.00. The van der Waals surface area contributed by atoms with E-state index in [1.54, 1.807) is 6.42 Å². The summed E-state index contributed by atoms with van der Waals surface area (Å²) in [4.78, 5) is 0. The standard InChI is InChI=1S/C20H36S3/c1-13(3-5-21)7-15-8-14(2)19(11-15)23-20-12-16-9-17(4-6-22)18(20)10-16/h13-22H,3-12H2,1-2H3. The van der Waals surface area contributed by atoms with Crippen LogP contribution < -0.4 is 0 Å². The number of hydrogen-bond donors (Lipinski definition) is 2. The first-order valence-electron chi connectivity index (χ1n) is 9.97. The van der Waals surface area contributed by atoms with Crippen LogP contribution >= 0.6 is 37.0 Å². The Morgan fingerprint density at radius 2 is 1.83 bits per heavy atom. The first kappa shape index (κ1) is 18.8. The Bertz CT molecular complexity index is 372. The summed E-state index contributed by atoms with van der Waals surface area (Å²) < 4.78 is 0.